The number of aryl methyl sites for hydroxylation is 1. The van der Waals surface area contributed by atoms with Crippen molar-refractivity contribution in [1.29, 1.82) is 0 Å². The molecule has 1 aromatic carbocycles. The summed E-state index contributed by atoms with van der Waals surface area (Å²) < 4.78 is 0. The Balaban J connectivity index is 1.77. The second-order valence-corrected chi connectivity index (χ2v) is 6.51. The monoisotopic (exact) mass is 272 g/mol. The van der Waals surface area contributed by atoms with Gasteiger partial charge in [0.15, 0.2) is 0 Å². The molecule has 2 nitrogen and oxygen atoms in total. The summed E-state index contributed by atoms with van der Waals surface area (Å²) in [6.07, 6.45) is 9.04. The predicted molar refractivity (Wildman–Crippen MR) is 79.8 cm³/mol. The van der Waals surface area contributed by atoms with E-state index in [1.807, 2.05) is 0 Å². The van der Waals surface area contributed by atoms with Crippen LogP contribution in [-0.4, -0.2) is 11.1 Å². The molecule has 0 aliphatic heterocycles. The largest absolute Gasteiger partial charge is 0.481 e. The van der Waals surface area contributed by atoms with Crippen molar-refractivity contribution in [2.24, 2.45) is 11.8 Å². The van der Waals surface area contributed by atoms with Crippen LogP contribution in [0.4, 0.5) is 0 Å². The highest BCUT2D eigenvalue weighted by molar-refractivity contribution is 5.70. The molecule has 1 fully saturated rings. The van der Waals surface area contributed by atoms with Crippen molar-refractivity contribution in [3.05, 3.63) is 35.4 Å². The van der Waals surface area contributed by atoms with Crippen LogP contribution in [0.25, 0.3) is 0 Å². The summed E-state index contributed by atoms with van der Waals surface area (Å²) >= 11 is 0. The van der Waals surface area contributed by atoms with Crippen LogP contribution < -0.4 is 0 Å². The SMILES string of the molecule is O=C(O)C(CC1CCCc2ccccc21)C1CCCC1. The molecule has 1 N–H and O–H groups in total. The number of rotatable bonds is 4. The number of hydrogen-bond acceptors (Lipinski definition) is 1. The molecular weight excluding hydrogens is 248 g/mol. The highest BCUT2D eigenvalue weighted by Gasteiger charge is 2.33. The van der Waals surface area contributed by atoms with Crippen molar-refractivity contribution < 1.29 is 9.90 Å². The smallest absolute Gasteiger partial charge is 0.306 e. The molecule has 2 aliphatic carbocycles. The summed E-state index contributed by atoms with van der Waals surface area (Å²) in [5.74, 6) is 0.178. The Kier molecular flexibility index (Phi) is 4.09. The van der Waals surface area contributed by atoms with Crippen molar-refractivity contribution >= 4 is 5.97 Å². The van der Waals surface area contributed by atoms with E-state index < -0.39 is 5.97 Å². The number of carboxylic acids is 1. The molecule has 20 heavy (non-hydrogen) atoms. The topological polar surface area (TPSA) is 37.3 Å². The molecule has 2 unspecified atom stereocenters. The van der Waals surface area contributed by atoms with E-state index in [1.165, 1.54) is 30.4 Å². The Morgan fingerprint density at radius 1 is 1.15 bits per heavy atom. The quantitative estimate of drug-likeness (QED) is 0.882. The van der Waals surface area contributed by atoms with Crippen molar-refractivity contribution in [2.45, 2.75) is 57.3 Å². The zero-order valence-corrected chi connectivity index (χ0v) is 12.1. The highest BCUT2D eigenvalue weighted by Crippen LogP contribution is 2.41. The molecule has 108 valence electrons. The second-order valence-electron chi connectivity index (χ2n) is 6.51. The molecule has 0 aromatic heterocycles. The van der Waals surface area contributed by atoms with E-state index in [2.05, 4.69) is 24.3 Å². The fraction of sp³-hybridized carbons (Fsp3) is 0.611. The number of carbonyl (C=O) groups is 1. The number of carboxylic acid groups (broad SMARTS) is 1. The summed E-state index contributed by atoms with van der Waals surface area (Å²) in [6.45, 7) is 0. The third-order valence-corrected chi connectivity index (χ3v) is 5.32. The lowest BCUT2D eigenvalue weighted by Crippen LogP contribution is -2.25. The minimum absolute atomic E-state index is 0.131. The van der Waals surface area contributed by atoms with Gasteiger partial charge in [-0.25, -0.2) is 0 Å². The van der Waals surface area contributed by atoms with E-state index in [0.717, 1.165) is 32.1 Å². The Hall–Kier alpha value is -1.31. The first kappa shape index (κ1) is 13.7. The van der Waals surface area contributed by atoms with Crippen LogP contribution in [0.3, 0.4) is 0 Å². The average molecular weight is 272 g/mol. The standard InChI is InChI=1S/C18H24O2/c19-18(20)17(14-7-1-2-8-14)12-15-10-5-9-13-6-3-4-11-16(13)15/h3-4,6,11,14-15,17H,1-2,5,7-10,12H2,(H,19,20). The zero-order valence-electron chi connectivity index (χ0n) is 12.1. The molecule has 1 saturated carbocycles. The molecule has 0 radical (unpaired) electrons. The fourth-order valence-corrected chi connectivity index (χ4v) is 4.26. The maximum absolute atomic E-state index is 11.7. The van der Waals surface area contributed by atoms with Crippen molar-refractivity contribution in [3.63, 3.8) is 0 Å². The number of hydrogen-bond donors (Lipinski definition) is 1. The van der Waals surface area contributed by atoms with Gasteiger partial charge in [-0.05, 0) is 61.5 Å². The Labute approximate surface area is 121 Å². The van der Waals surface area contributed by atoms with E-state index in [4.69, 9.17) is 0 Å². The van der Waals surface area contributed by atoms with Crippen molar-refractivity contribution in [3.8, 4) is 0 Å². The van der Waals surface area contributed by atoms with E-state index in [-0.39, 0.29) is 5.92 Å². The molecular formula is C18H24O2. The van der Waals surface area contributed by atoms with Crippen LogP contribution in [0.1, 0.15) is 62.0 Å². The molecule has 0 amide bonds. The van der Waals surface area contributed by atoms with Gasteiger partial charge in [-0.15, -0.1) is 0 Å². The van der Waals surface area contributed by atoms with Crippen LogP contribution in [-0.2, 0) is 11.2 Å². The van der Waals surface area contributed by atoms with Gasteiger partial charge in [0.25, 0.3) is 0 Å². The summed E-state index contributed by atoms with van der Waals surface area (Å²) in [4.78, 5) is 11.7. The average Bonchev–Trinajstić information content (AvgIpc) is 2.98. The highest BCUT2D eigenvalue weighted by atomic mass is 16.4. The summed E-state index contributed by atoms with van der Waals surface area (Å²) in [6, 6.07) is 8.63. The molecule has 2 heteroatoms. The normalized spacial score (nSPS) is 24.3. The van der Waals surface area contributed by atoms with Gasteiger partial charge >= 0.3 is 5.97 Å². The van der Waals surface area contributed by atoms with Crippen molar-refractivity contribution in [2.75, 3.05) is 0 Å². The van der Waals surface area contributed by atoms with Gasteiger partial charge in [-0.2, -0.15) is 0 Å². The molecule has 3 rings (SSSR count). The van der Waals surface area contributed by atoms with Crippen LogP contribution in [0.5, 0.6) is 0 Å². The van der Waals surface area contributed by atoms with Gasteiger partial charge < -0.3 is 5.11 Å². The summed E-state index contributed by atoms with van der Waals surface area (Å²) in [7, 11) is 0. The van der Waals surface area contributed by atoms with Crippen molar-refractivity contribution in [1.82, 2.24) is 0 Å². The van der Waals surface area contributed by atoms with E-state index in [0.29, 0.717) is 11.8 Å². The molecule has 2 atom stereocenters. The number of aliphatic carboxylic acids is 1. The predicted octanol–water partition coefficient (Wildman–Crippen LogP) is 4.39. The van der Waals surface area contributed by atoms with E-state index >= 15 is 0 Å². The number of fused-ring (bicyclic) bond motifs is 1. The maximum Gasteiger partial charge on any atom is 0.306 e. The minimum atomic E-state index is -0.569. The summed E-state index contributed by atoms with van der Waals surface area (Å²) in [5, 5.41) is 9.61. The number of benzene rings is 1. The Bertz CT molecular complexity index is 474. The minimum Gasteiger partial charge on any atom is -0.481 e. The van der Waals surface area contributed by atoms with Gasteiger partial charge in [0.05, 0.1) is 5.92 Å². The molecule has 1 aromatic rings. The van der Waals surface area contributed by atoms with Crippen LogP contribution >= 0.6 is 0 Å². The van der Waals surface area contributed by atoms with Crippen LogP contribution in [0, 0.1) is 11.8 Å². The van der Waals surface area contributed by atoms with Gasteiger partial charge in [0.1, 0.15) is 0 Å². The second kappa shape index (κ2) is 5.99. The lowest BCUT2D eigenvalue weighted by molar-refractivity contribution is -0.144. The van der Waals surface area contributed by atoms with Crippen LogP contribution in [0.15, 0.2) is 24.3 Å². The molecule has 0 bridgehead atoms. The van der Waals surface area contributed by atoms with Gasteiger partial charge in [0.2, 0.25) is 0 Å². The Morgan fingerprint density at radius 2 is 1.90 bits per heavy atom. The Morgan fingerprint density at radius 3 is 2.65 bits per heavy atom. The van der Waals surface area contributed by atoms with E-state index in [1.54, 1.807) is 0 Å². The maximum atomic E-state index is 11.7. The molecule has 0 spiro atoms. The summed E-state index contributed by atoms with van der Waals surface area (Å²) in [5.41, 5.74) is 2.86. The van der Waals surface area contributed by atoms with Gasteiger partial charge in [0, 0.05) is 0 Å². The third-order valence-electron chi connectivity index (χ3n) is 5.32. The van der Waals surface area contributed by atoms with Gasteiger partial charge in [-0.3, -0.25) is 4.79 Å². The van der Waals surface area contributed by atoms with E-state index in [9.17, 15) is 9.90 Å². The molecule has 0 heterocycles. The fourth-order valence-electron chi connectivity index (χ4n) is 4.26. The first-order valence-corrected chi connectivity index (χ1v) is 8.06. The lowest BCUT2D eigenvalue weighted by atomic mass is 9.75. The van der Waals surface area contributed by atoms with Gasteiger partial charge in [-0.1, -0.05) is 37.1 Å². The molecule has 2 aliphatic rings. The lowest BCUT2D eigenvalue weighted by Gasteiger charge is -2.29. The molecule has 0 saturated heterocycles. The first-order valence-electron chi connectivity index (χ1n) is 8.06. The van der Waals surface area contributed by atoms with Crippen LogP contribution in [0.2, 0.25) is 0 Å². The zero-order chi connectivity index (χ0) is 13.9. The third kappa shape index (κ3) is 2.74. The first-order chi connectivity index (χ1) is 9.75.